The van der Waals surface area contributed by atoms with Crippen LogP contribution in [0.5, 0.6) is 11.5 Å². The van der Waals surface area contributed by atoms with Crippen LogP contribution in [0, 0.1) is 12.8 Å². The number of benzene rings is 1. The van der Waals surface area contributed by atoms with Crippen LogP contribution in [0.2, 0.25) is 0 Å². The number of carbonyl (C=O) groups is 1. The highest BCUT2D eigenvalue weighted by molar-refractivity contribution is 5.75. The first-order valence-corrected chi connectivity index (χ1v) is 11.3. The Kier molecular flexibility index (Phi) is 8.35. The Hall–Kier alpha value is -2.54. The molecule has 1 aromatic heterocycles. The van der Waals surface area contributed by atoms with Crippen LogP contribution >= 0.6 is 0 Å². The van der Waals surface area contributed by atoms with Crippen molar-refractivity contribution in [1.82, 2.24) is 20.2 Å². The second-order valence-electron chi connectivity index (χ2n) is 8.35. The molecule has 170 valence electrons. The maximum Gasteiger partial charge on any atom is 0.220 e. The fourth-order valence-electron chi connectivity index (χ4n) is 4.24. The molecule has 1 atom stereocenters. The summed E-state index contributed by atoms with van der Waals surface area (Å²) in [5.74, 6) is 3.17. The van der Waals surface area contributed by atoms with Gasteiger partial charge in [-0.3, -0.25) is 9.69 Å². The lowest BCUT2D eigenvalue weighted by Crippen LogP contribution is -2.35. The van der Waals surface area contributed by atoms with Crippen LogP contribution < -0.4 is 14.8 Å². The number of methoxy groups -OCH3 is 2. The molecule has 3 rings (SSSR count). The van der Waals surface area contributed by atoms with Gasteiger partial charge >= 0.3 is 0 Å². The van der Waals surface area contributed by atoms with Crippen molar-refractivity contribution in [3.63, 3.8) is 0 Å². The molecular formula is C24H36N4O3. The van der Waals surface area contributed by atoms with E-state index in [1.54, 1.807) is 14.2 Å². The van der Waals surface area contributed by atoms with E-state index in [1.165, 1.54) is 18.5 Å². The van der Waals surface area contributed by atoms with Crippen molar-refractivity contribution in [1.29, 1.82) is 0 Å². The van der Waals surface area contributed by atoms with Crippen molar-refractivity contribution in [2.45, 2.75) is 59.0 Å². The third-order valence-corrected chi connectivity index (χ3v) is 6.10. The zero-order valence-corrected chi connectivity index (χ0v) is 19.3. The van der Waals surface area contributed by atoms with E-state index in [0.29, 0.717) is 18.9 Å². The topological polar surface area (TPSA) is 79.5 Å². The smallest absolute Gasteiger partial charge is 0.220 e. The number of nitrogens with one attached hydrogen (secondary N) is 2. The third-order valence-electron chi connectivity index (χ3n) is 6.10. The largest absolute Gasteiger partial charge is 0.497 e. The van der Waals surface area contributed by atoms with E-state index >= 15 is 0 Å². The average molecular weight is 429 g/mol. The molecule has 1 aromatic carbocycles. The number of piperidine rings is 1. The lowest BCUT2D eigenvalue weighted by atomic mass is 9.93. The van der Waals surface area contributed by atoms with Gasteiger partial charge in [0.2, 0.25) is 5.91 Å². The molecule has 1 aliphatic rings. The first kappa shape index (κ1) is 23.1. The van der Waals surface area contributed by atoms with Gasteiger partial charge in [-0.1, -0.05) is 6.92 Å². The van der Waals surface area contributed by atoms with Gasteiger partial charge in [0.15, 0.2) is 0 Å². The Morgan fingerprint density at radius 2 is 2.16 bits per heavy atom. The standard InChI is InChI=1S/C24H36N4O3/c1-5-23-26-17(2)21(27-23)16-28-12-6-7-18(15-28)8-11-24(29)25-14-19-9-10-20(30-3)13-22(19)31-4/h9-10,13,18H,5-8,11-12,14-16H2,1-4H3,(H,25,29)(H,26,27). The van der Waals surface area contributed by atoms with E-state index < -0.39 is 0 Å². The van der Waals surface area contributed by atoms with Gasteiger partial charge in [0.25, 0.3) is 0 Å². The van der Waals surface area contributed by atoms with Gasteiger partial charge in [-0.25, -0.2) is 4.98 Å². The van der Waals surface area contributed by atoms with Crippen LogP contribution in [-0.2, 0) is 24.3 Å². The van der Waals surface area contributed by atoms with Crippen LogP contribution in [0.4, 0.5) is 0 Å². The highest BCUT2D eigenvalue weighted by Crippen LogP contribution is 2.25. The van der Waals surface area contributed by atoms with Crippen molar-refractivity contribution in [2.75, 3.05) is 27.3 Å². The number of aromatic amines is 1. The summed E-state index contributed by atoms with van der Waals surface area (Å²) >= 11 is 0. The maximum absolute atomic E-state index is 12.4. The predicted octanol–water partition coefficient (Wildman–Crippen LogP) is 3.61. The first-order chi connectivity index (χ1) is 15.0. The molecule has 1 unspecified atom stereocenters. The van der Waals surface area contributed by atoms with Gasteiger partial charge in [-0.15, -0.1) is 0 Å². The summed E-state index contributed by atoms with van der Waals surface area (Å²) in [4.78, 5) is 23.0. The summed E-state index contributed by atoms with van der Waals surface area (Å²) in [5.41, 5.74) is 3.28. The molecule has 0 radical (unpaired) electrons. The molecule has 1 fully saturated rings. The summed E-state index contributed by atoms with van der Waals surface area (Å²) < 4.78 is 10.6. The second-order valence-corrected chi connectivity index (χ2v) is 8.35. The molecule has 7 heteroatoms. The van der Waals surface area contributed by atoms with Gasteiger partial charge in [0.05, 0.1) is 19.9 Å². The first-order valence-electron chi connectivity index (χ1n) is 11.3. The summed E-state index contributed by atoms with van der Waals surface area (Å²) in [6.45, 7) is 7.71. The highest BCUT2D eigenvalue weighted by Gasteiger charge is 2.22. The molecule has 0 saturated carbocycles. The number of carbonyl (C=O) groups excluding carboxylic acids is 1. The third kappa shape index (κ3) is 6.47. The maximum atomic E-state index is 12.4. The Morgan fingerprint density at radius 1 is 1.32 bits per heavy atom. The minimum atomic E-state index is 0.0886. The fraction of sp³-hybridized carbons (Fsp3) is 0.583. The number of aryl methyl sites for hydroxylation is 2. The van der Waals surface area contributed by atoms with Crippen LogP contribution in [0.15, 0.2) is 18.2 Å². The average Bonchev–Trinajstić information content (AvgIpc) is 3.15. The molecule has 0 bridgehead atoms. The molecule has 0 spiro atoms. The number of hydrogen-bond acceptors (Lipinski definition) is 5. The zero-order valence-electron chi connectivity index (χ0n) is 19.3. The van der Waals surface area contributed by atoms with Gasteiger partial charge in [-0.05, 0) is 50.8 Å². The van der Waals surface area contributed by atoms with Crippen molar-refractivity contribution in [3.8, 4) is 11.5 Å². The van der Waals surface area contributed by atoms with Crippen LogP contribution in [-0.4, -0.2) is 48.1 Å². The molecule has 7 nitrogen and oxygen atoms in total. The number of amides is 1. The highest BCUT2D eigenvalue weighted by atomic mass is 16.5. The van der Waals surface area contributed by atoms with Crippen LogP contribution in [0.3, 0.4) is 0 Å². The van der Waals surface area contributed by atoms with Crippen LogP contribution in [0.1, 0.15) is 55.4 Å². The molecule has 2 N–H and O–H groups in total. The zero-order chi connectivity index (χ0) is 22.2. The number of likely N-dealkylation sites (tertiary alicyclic amines) is 1. The van der Waals surface area contributed by atoms with Crippen molar-refractivity contribution in [2.24, 2.45) is 5.92 Å². The normalized spacial score (nSPS) is 16.8. The number of hydrogen-bond donors (Lipinski definition) is 2. The number of ether oxygens (including phenoxy) is 2. The number of nitrogens with zero attached hydrogens (tertiary/aromatic N) is 2. The number of aromatic nitrogens is 2. The Bertz CT molecular complexity index is 865. The number of rotatable bonds is 10. The second kappa shape index (κ2) is 11.2. The number of imidazole rings is 1. The molecule has 0 aliphatic carbocycles. The monoisotopic (exact) mass is 428 g/mol. The lowest BCUT2D eigenvalue weighted by molar-refractivity contribution is -0.121. The van der Waals surface area contributed by atoms with E-state index in [0.717, 1.165) is 61.1 Å². The van der Waals surface area contributed by atoms with Gasteiger partial charge in [0, 0.05) is 49.8 Å². The summed E-state index contributed by atoms with van der Waals surface area (Å²) in [6.07, 6.45) is 4.77. The van der Waals surface area contributed by atoms with E-state index in [4.69, 9.17) is 14.5 Å². The lowest BCUT2D eigenvalue weighted by Gasteiger charge is -2.32. The molecule has 2 aromatic rings. The molecule has 31 heavy (non-hydrogen) atoms. The molecule has 1 amide bonds. The van der Waals surface area contributed by atoms with E-state index in [1.807, 2.05) is 18.2 Å². The minimum Gasteiger partial charge on any atom is -0.497 e. The summed E-state index contributed by atoms with van der Waals surface area (Å²) in [6, 6.07) is 5.64. The van der Waals surface area contributed by atoms with E-state index in [2.05, 4.69) is 29.0 Å². The van der Waals surface area contributed by atoms with E-state index in [9.17, 15) is 4.79 Å². The van der Waals surface area contributed by atoms with Crippen molar-refractivity contribution >= 4 is 5.91 Å². The van der Waals surface area contributed by atoms with Gasteiger partial charge in [0.1, 0.15) is 17.3 Å². The molecule has 1 aliphatic heterocycles. The summed E-state index contributed by atoms with van der Waals surface area (Å²) in [7, 11) is 3.25. The van der Waals surface area contributed by atoms with Crippen molar-refractivity contribution in [3.05, 3.63) is 41.0 Å². The van der Waals surface area contributed by atoms with E-state index in [-0.39, 0.29) is 5.91 Å². The molecular weight excluding hydrogens is 392 g/mol. The SMILES string of the molecule is CCc1nc(CN2CCCC(CCC(=O)NCc3ccc(OC)cc3OC)C2)c(C)[nH]1. The van der Waals surface area contributed by atoms with Gasteiger partial charge in [-0.2, -0.15) is 0 Å². The predicted molar refractivity (Wildman–Crippen MR) is 121 cm³/mol. The summed E-state index contributed by atoms with van der Waals surface area (Å²) in [5, 5.41) is 3.03. The molecule has 1 saturated heterocycles. The fourth-order valence-corrected chi connectivity index (χ4v) is 4.24. The van der Waals surface area contributed by atoms with Crippen molar-refractivity contribution < 1.29 is 14.3 Å². The van der Waals surface area contributed by atoms with Crippen LogP contribution in [0.25, 0.3) is 0 Å². The number of H-pyrrole nitrogens is 1. The Labute approximate surface area is 185 Å². The molecule has 2 heterocycles. The van der Waals surface area contributed by atoms with Gasteiger partial charge < -0.3 is 19.8 Å². The quantitative estimate of drug-likeness (QED) is 0.604. The Balaban J connectivity index is 1.44. The minimum absolute atomic E-state index is 0.0886. The Morgan fingerprint density at radius 3 is 2.87 bits per heavy atom.